The lowest BCUT2D eigenvalue weighted by Gasteiger charge is -2.33. The summed E-state index contributed by atoms with van der Waals surface area (Å²) in [6.45, 7) is 3.18. The molecule has 2 heteroatoms. The highest BCUT2D eigenvalue weighted by Crippen LogP contribution is 2.29. The highest BCUT2D eigenvalue weighted by Gasteiger charge is 2.18. The summed E-state index contributed by atoms with van der Waals surface area (Å²) in [4.78, 5) is 2.40. The molecule has 0 aliphatic carbocycles. The average Bonchev–Trinajstić information content (AvgIpc) is 2.53. The summed E-state index contributed by atoms with van der Waals surface area (Å²) in [6, 6.07) is 16.7. The van der Waals surface area contributed by atoms with Crippen LogP contribution in [0, 0.1) is 0 Å². The van der Waals surface area contributed by atoms with E-state index < -0.39 is 0 Å². The first-order valence-corrected chi connectivity index (χ1v) is 7.63. The third kappa shape index (κ3) is 3.03. The number of rotatable bonds is 3. The van der Waals surface area contributed by atoms with Crippen molar-refractivity contribution in [3.05, 3.63) is 76.8 Å². The van der Waals surface area contributed by atoms with Gasteiger partial charge in [-0.15, -0.1) is 0 Å². The van der Waals surface area contributed by atoms with Gasteiger partial charge in [0.2, 0.25) is 0 Å². The molecule has 106 valence electrons. The van der Waals surface area contributed by atoms with E-state index in [1.165, 1.54) is 16.8 Å². The van der Waals surface area contributed by atoms with Gasteiger partial charge in [-0.1, -0.05) is 66.2 Å². The molecule has 21 heavy (non-hydrogen) atoms. The number of anilines is 1. The molecule has 1 atom stereocenters. The smallest absolute Gasteiger partial charge is 0.0663 e. The van der Waals surface area contributed by atoms with E-state index in [0.29, 0.717) is 6.04 Å². The lowest BCUT2D eigenvalue weighted by Crippen LogP contribution is -2.34. The highest BCUT2D eigenvalue weighted by atomic mass is 35.5. The van der Waals surface area contributed by atoms with Crippen LogP contribution in [0.5, 0.6) is 0 Å². The van der Waals surface area contributed by atoms with Crippen molar-refractivity contribution >= 4 is 29.4 Å². The van der Waals surface area contributed by atoms with Crippen molar-refractivity contribution in [1.82, 2.24) is 0 Å². The molecule has 2 aromatic carbocycles. The van der Waals surface area contributed by atoms with Crippen LogP contribution in [-0.2, 0) is 0 Å². The Kier molecular flexibility index (Phi) is 4.12. The van der Waals surface area contributed by atoms with E-state index in [1.807, 2.05) is 24.3 Å². The van der Waals surface area contributed by atoms with Crippen molar-refractivity contribution in [3.8, 4) is 0 Å². The summed E-state index contributed by atoms with van der Waals surface area (Å²) >= 11 is 5.92. The van der Waals surface area contributed by atoms with E-state index in [1.54, 1.807) is 0 Å². The Balaban J connectivity index is 1.85. The van der Waals surface area contributed by atoms with E-state index >= 15 is 0 Å². The Hall–Kier alpha value is -1.99. The quantitative estimate of drug-likeness (QED) is 0.745. The number of fused-ring (bicyclic) bond motifs is 1. The minimum Gasteiger partial charge on any atom is -0.361 e. The fourth-order valence-corrected chi connectivity index (χ4v) is 2.82. The molecule has 3 rings (SSSR count). The monoisotopic (exact) mass is 295 g/mol. The molecule has 0 N–H and O–H groups in total. The normalized spacial score (nSPS) is 17.2. The zero-order valence-corrected chi connectivity index (χ0v) is 12.8. The van der Waals surface area contributed by atoms with E-state index in [-0.39, 0.29) is 0 Å². The predicted octanol–water partition coefficient (Wildman–Crippen LogP) is 5.28. The summed E-state index contributed by atoms with van der Waals surface area (Å²) in [7, 11) is 0. The van der Waals surface area contributed by atoms with E-state index in [0.717, 1.165) is 11.6 Å². The molecule has 2 aromatic rings. The van der Waals surface area contributed by atoms with Crippen LogP contribution in [0.2, 0.25) is 5.02 Å². The molecule has 0 aromatic heterocycles. The summed E-state index contributed by atoms with van der Waals surface area (Å²) in [5, 5.41) is 0.772. The van der Waals surface area contributed by atoms with E-state index in [2.05, 4.69) is 60.4 Å². The van der Waals surface area contributed by atoms with Gasteiger partial charge in [-0.05, 0) is 36.2 Å². The van der Waals surface area contributed by atoms with Gasteiger partial charge in [0.1, 0.15) is 0 Å². The van der Waals surface area contributed by atoms with Crippen LogP contribution in [0.3, 0.4) is 0 Å². The molecular weight excluding hydrogens is 278 g/mol. The van der Waals surface area contributed by atoms with E-state index in [9.17, 15) is 0 Å². The molecule has 1 aliphatic heterocycles. The van der Waals surface area contributed by atoms with Gasteiger partial charge in [0.25, 0.3) is 0 Å². The number of hydrogen-bond acceptors (Lipinski definition) is 1. The minimum absolute atomic E-state index is 0.292. The molecule has 0 radical (unpaired) electrons. The van der Waals surface area contributed by atoms with Crippen molar-refractivity contribution in [3.63, 3.8) is 0 Å². The molecular formula is C19H18ClN. The average molecular weight is 296 g/mol. The fourth-order valence-electron chi connectivity index (χ4n) is 2.69. The standard InChI is InChI=1S/C19H18ClN/c1-2-21-18(13-9-15-7-11-17(20)12-8-15)14-10-16-5-3-4-6-19(16)21/h3-14,18H,2H2,1H3/b13-9+. The number of para-hydroxylation sites is 1. The summed E-state index contributed by atoms with van der Waals surface area (Å²) < 4.78 is 0. The van der Waals surface area contributed by atoms with Gasteiger partial charge in [0.05, 0.1) is 6.04 Å². The molecule has 0 amide bonds. The first-order chi connectivity index (χ1) is 10.3. The number of nitrogens with zero attached hydrogens (tertiary/aromatic N) is 1. The van der Waals surface area contributed by atoms with Gasteiger partial charge in [0, 0.05) is 17.3 Å². The Bertz CT molecular complexity index is 670. The third-order valence-corrected chi connectivity index (χ3v) is 4.03. The van der Waals surface area contributed by atoms with Gasteiger partial charge >= 0.3 is 0 Å². The van der Waals surface area contributed by atoms with Crippen LogP contribution in [0.4, 0.5) is 5.69 Å². The van der Waals surface area contributed by atoms with Crippen molar-refractivity contribution in [1.29, 1.82) is 0 Å². The molecule has 0 spiro atoms. The molecule has 1 nitrogen and oxygen atoms in total. The van der Waals surface area contributed by atoms with Crippen molar-refractivity contribution in [2.24, 2.45) is 0 Å². The first-order valence-electron chi connectivity index (χ1n) is 7.25. The van der Waals surface area contributed by atoms with Crippen molar-refractivity contribution in [2.45, 2.75) is 13.0 Å². The van der Waals surface area contributed by atoms with Crippen LogP contribution < -0.4 is 4.90 Å². The number of hydrogen-bond donors (Lipinski definition) is 0. The summed E-state index contributed by atoms with van der Waals surface area (Å²) in [5.41, 5.74) is 3.76. The van der Waals surface area contributed by atoms with Gasteiger partial charge in [0.15, 0.2) is 0 Å². The topological polar surface area (TPSA) is 3.24 Å². The zero-order valence-electron chi connectivity index (χ0n) is 12.0. The second kappa shape index (κ2) is 6.19. The molecule has 0 saturated carbocycles. The Morgan fingerprint density at radius 1 is 1.10 bits per heavy atom. The van der Waals surface area contributed by atoms with Gasteiger partial charge in [-0.3, -0.25) is 0 Å². The van der Waals surface area contributed by atoms with Gasteiger partial charge < -0.3 is 4.90 Å². The van der Waals surface area contributed by atoms with Crippen LogP contribution in [0.1, 0.15) is 18.1 Å². The largest absolute Gasteiger partial charge is 0.361 e. The molecule has 1 heterocycles. The molecule has 1 unspecified atom stereocenters. The maximum atomic E-state index is 5.92. The molecule has 0 saturated heterocycles. The maximum absolute atomic E-state index is 5.92. The summed E-state index contributed by atoms with van der Waals surface area (Å²) in [6.07, 6.45) is 8.84. The highest BCUT2D eigenvalue weighted by molar-refractivity contribution is 6.30. The maximum Gasteiger partial charge on any atom is 0.0663 e. The van der Waals surface area contributed by atoms with Crippen LogP contribution in [-0.4, -0.2) is 12.6 Å². The summed E-state index contributed by atoms with van der Waals surface area (Å²) in [5.74, 6) is 0. The van der Waals surface area contributed by atoms with Crippen molar-refractivity contribution in [2.75, 3.05) is 11.4 Å². The Labute approximate surface area is 131 Å². The Morgan fingerprint density at radius 3 is 2.62 bits per heavy atom. The SMILES string of the molecule is CCN1c2ccccc2C=CC1/C=C/c1ccc(Cl)cc1. The fraction of sp³-hybridized carbons (Fsp3) is 0.158. The minimum atomic E-state index is 0.292. The zero-order chi connectivity index (χ0) is 14.7. The van der Waals surface area contributed by atoms with Crippen molar-refractivity contribution < 1.29 is 0 Å². The van der Waals surface area contributed by atoms with Gasteiger partial charge in [-0.25, -0.2) is 0 Å². The molecule has 1 aliphatic rings. The first kappa shape index (κ1) is 14.0. The second-order valence-corrected chi connectivity index (χ2v) is 5.54. The lowest BCUT2D eigenvalue weighted by atomic mass is 10.0. The number of benzene rings is 2. The number of halogens is 1. The molecule has 0 fully saturated rings. The van der Waals surface area contributed by atoms with Gasteiger partial charge in [-0.2, -0.15) is 0 Å². The molecule has 0 bridgehead atoms. The van der Waals surface area contributed by atoms with Crippen LogP contribution in [0.25, 0.3) is 12.2 Å². The van der Waals surface area contributed by atoms with Crippen LogP contribution in [0.15, 0.2) is 60.7 Å². The van der Waals surface area contributed by atoms with Crippen LogP contribution >= 0.6 is 11.6 Å². The lowest BCUT2D eigenvalue weighted by molar-refractivity contribution is 0.807. The predicted molar refractivity (Wildman–Crippen MR) is 92.8 cm³/mol. The Morgan fingerprint density at radius 2 is 1.86 bits per heavy atom. The number of likely N-dealkylation sites (N-methyl/N-ethyl adjacent to an activating group) is 1. The van der Waals surface area contributed by atoms with E-state index in [4.69, 9.17) is 11.6 Å². The third-order valence-electron chi connectivity index (χ3n) is 3.78. The second-order valence-electron chi connectivity index (χ2n) is 5.11.